The number of hydrogen-bond donors (Lipinski definition) is 2. The summed E-state index contributed by atoms with van der Waals surface area (Å²) in [5.74, 6) is 1.59. The van der Waals surface area contributed by atoms with E-state index in [-0.39, 0.29) is 0 Å². The van der Waals surface area contributed by atoms with Crippen LogP contribution in [-0.4, -0.2) is 65.2 Å². The summed E-state index contributed by atoms with van der Waals surface area (Å²) in [5, 5.41) is 7.15. The number of rotatable bonds is 8. The van der Waals surface area contributed by atoms with Gasteiger partial charge in [0.1, 0.15) is 0 Å². The molecule has 0 aromatic rings. The monoisotopic (exact) mass is 339 g/mol. The van der Waals surface area contributed by atoms with Crippen molar-refractivity contribution in [2.45, 2.75) is 50.7 Å². The summed E-state index contributed by atoms with van der Waals surface area (Å²) >= 11 is 0. The van der Waals surface area contributed by atoms with E-state index < -0.39 is 0 Å². The van der Waals surface area contributed by atoms with Crippen LogP contribution in [0.15, 0.2) is 4.99 Å². The van der Waals surface area contributed by atoms with Crippen LogP contribution in [0.2, 0.25) is 0 Å². The molecule has 2 aliphatic carbocycles. The zero-order chi connectivity index (χ0) is 16.8. The Morgan fingerprint density at radius 2 is 2.08 bits per heavy atom. The first-order valence-corrected chi connectivity index (χ1v) is 9.47. The molecule has 1 heterocycles. The third-order valence-electron chi connectivity index (χ3n) is 5.99. The van der Waals surface area contributed by atoms with Crippen molar-refractivity contribution in [1.29, 1.82) is 0 Å². The lowest BCUT2D eigenvalue weighted by molar-refractivity contribution is -0.125. The summed E-state index contributed by atoms with van der Waals surface area (Å²) in [6.07, 6.45) is 7.94. The molecule has 3 unspecified atom stereocenters. The molecule has 1 spiro atoms. The zero-order valence-corrected chi connectivity index (χ0v) is 15.2. The van der Waals surface area contributed by atoms with Crippen LogP contribution in [-0.2, 0) is 14.2 Å². The van der Waals surface area contributed by atoms with Gasteiger partial charge in [0.05, 0.1) is 19.3 Å². The number of nitrogens with zero attached hydrogens (tertiary/aromatic N) is 1. The Balaban J connectivity index is 1.42. The maximum Gasteiger partial charge on any atom is 0.191 e. The van der Waals surface area contributed by atoms with Gasteiger partial charge in [-0.15, -0.1) is 0 Å². The molecule has 24 heavy (non-hydrogen) atoms. The Hall–Kier alpha value is -0.850. The van der Waals surface area contributed by atoms with E-state index in [4.69, 9.17) is 14.2 Å². The fourth-order valence-corrected chi connectivity index (χ4v) is 4.87. The fraction of sp³-hybridized carbons (Fsp3) is 0.944. The maximum atomic E-state index is 6.05. The summed E-state index contributed by atoms with van der Waals surface area (Å²) in [4.78, 5) is 4.42. The van der Waals surface area contributed by atoms with E-state index in [0.717, 1.165) is 32.1 Å². The van der Waals surface area contributed by atoms with Gasteiger partial charge in [0.2, 0.25) is 0 Å². The lowest BCUT2D eigenvalue weighted by atomic mass is 9.54. The lowest BCUT2D eigenvalue weighted by Gasteiger charge is -2.57. The number of ether oxygens (including phenoxy) is 3. The third-order valence-corrected chi connectivity index (χ3v) is 5.99. The second kappa shape index (κ2) is 8.50. The average Bonchev–Trinajstić information content (AvgIpc) is 3.25. The summed E-state index contributed by atoms with van der Waals surface area (Å²) in [6, 6.07) is 0.525. The summed E-state index contributed by atoms with van der Waals surface area (Å²) in [5.41, 5.74) is 0.363. The van der Waals surface area contributed by atoms with Crippen LogP contribution in [0, 0.1) is 11.3 Å². The molecule has 3 rings (SSSR count). The molecule has 0 radical (unpaired) electrons. The molecule has 0 bridgehead atoms. The van der Waals surface area contributed by atoms with Crippen molar-refractivity contribution in [3.63, 3.8) is 0 Å². The van der Waals surface area contributed by atoms with Crippen molar-refractivity contribution in [2.24, 2.45) is 16.3 Å². The van der Waals surface area contributed by atoms with Crippen LogP contribution < -0.4 is 10.6 Å². The molecule has 6 heteroatoms. The third kappa shape index (κ3) is 3.55. The highest BCUT2D eigenvalue weighted by atomic mass is 16.5. The topological polar surface area (TPSA) is 64.1 Å². The van der Waals surface area contributed by atoms with Crippen molar-refractivity contribution >= 4 is 5.96 Å². The highest BCUT2D eigenvalue weighted by Gasteiger charge is 2.65. The molecule has 3 fully saturated rings. The molecule has 0 aromatic carbocycles. The van der Waals surface area contributed by atoms with E-state index in [9.17, 15) is 0 Å². The van der Waals surface area contributed by atoms with Gasteiger partial charge in [0.25, 0.3) is 0 Å². The number of nitrogens with one attached hydrogen (secondary N) is 2. The lowest BCUT2D eigenvalue weighted by Crippen LogP contribution is -2.69. The Kier molecular flexibility index (Phi) is 6.36. The van der Waals surface area contributed by atoms with E-state index in [1.54, 1.807) is 7.11 Å². The van der Waals surface area contributed by atoms with Gasteiger partial charge in [-0.25, -0.2) is 0 Å². The molecule has 2 N–H and O–H groups in total. The molecular formula is C18H33N3O3. The van der Waals surface area contributed by atoms with Gasteiger partial charge >= 0.3 is 0 Å². The quantitative estimate of drug-likeness (QED) is 0.399. The van der Waals surface area contributed by atoms with Crippen LogP contribution >= 0.6 is 0 Å². The number of hydrogen-bond acceptors (Lipinski definition) is 4. The van der Waals surface area contributed by atoms with E-state index in [1.807, 2.05) is 7.05 Å². The molecular weight excluding hydrogens is 306 g/mol. The SMILES string of the molecule is CN=C(NCCCOCCOC)NC1C2CCOC2C12CCCC2. The minimum atomic E-state index is 0.363. The maximum absolute atomic E-state index is 6.05. The summed E-state index contributed by atoms with van der Waals surface area (Å²) in [7, 11) is 3.55. The second-order valence-electron chi connectivity index (χ2n) is 7.26. The van der Waals surface area contributed by atoms with Crippen molar-refractivity contribution < 1.29 is 14.2 Å². The first-order chi connectivity index (χ1) is 11.8. The Bertz CT molecular complexity index is 424. The van der Waals surface area contributed by atoms with Crippen molar-refractivity contribution in [3.8, 4) is 0 Å². The Labute approximate surface area is 145 Å². The minimum Gasteiger partial charge on any atom is -0.382 e. The number of guanidine groups is 1. The smallest absolute Gasteiger partial charge is 0.191 e. The van der Waals surface area contributed by atoms with Gasteiger partial charge < -0.3 is 24.8 Å². The van der Waals surface area contributed by atoms with Gasteiger partial charge in [0, 0.05) is 51.3 Å². The number of methoxy groups -OCH3 is 1. The van der Waals surface area contributed by atoms with Gasteiger partial charge in [-0.1, -0.05) is 12.8 Å². The molecule has 1 saturated heterocycles. The van der Waals surface area contributed by atoms with Gasteiger partial charge in [-0.2, -0.15) is 0 Å². The van der Waals surface area contributed by atoms with Crippen LogP contribution in [0.4, 0.5) is 0 Å². The Morgan fingerprint density at radius 1 is 1.25 bits per heavy atom. The standard InChI is InChI=1S/C18H33N3O3/c1-19-17(20-9-5-10-23-13-12-22-2)21-15-14-6-11-24-16(14)18(15)7-3-4-8-18/h14-16H,3-13H2,1-2H3,(H2,19,20,21). The first-order valence-electron chi connectivity index (χ1n) is 9.47. The first kappa shape index (κ1) is 18.0. The van der Waals surface area contributed by atoms with E-state index in [2.05, 4.69) is 15.6 Å². The molecule has 0 amide bonds. The number of aliphatic imine (C=N–C) groups is 1. The van der Waals surface area contributed by atoms with Crippen LogP contribution in [0.1, 0.15) is 38.5 Å². The van der Waals surface area contributed by atoms with Gasteiger partial charge in [-0.3, -0.25) is 4.99 Å². The van der Waals surface area contributed by atoms with Gasteiger partial charge in [-0.05, 0) is 25.7 Å². The summed E-state index contributed by atoms with van der Waals surface area (Å²) < 4.78 is 16.5. The fourth-order valence-electron chi connectivity index (χ4n) is 4.87. The molecule has 2 saturated carbocycles. The highest BCUT2D eigenvalue weighted by molar-refractivity contribution is 5.80. The number of fused-ring (bicyclic) bond motifs is 2. The normalized spacial score (nSPS) is 31.1. The zero-order valence-electron chi connectivity index (χ0n) is 15.2. The van der Waals surface area contributed by atoms with E-state index >= 15 is 0 Å². The van der Waals surface area contributed by atoms with Crippen LogP contribution in [0.3, 0.4) is 0 Å². The van der Waals surface area contributed by atoms with E-state index in [0.29, 0.717) is 36.7 Å². The summed E-state index contributed by atoms with van der Waals surface area (Å²) in [6.45, 7) is 3.87. The highest BCUT2D eigenvalue weighted by Crippen LogP contribution is 2.60. The molecule has 138 valence electrons. The largest absolute Gasteiger partial charge is 0.382 e. The van der Waals surface area contributed by atoms with E-state index in [1.165, 1.54) is 32.1 Å². The predicted octanol–water partition coefficient (Wildman–Crippen LogP) is 1.55. The predicted molar refractivity (Wildman–Crippen MR) is 94.3 cm³/mol. The molecule has 6 nitrogen and oxygen atoms in total. The van der Waals surface area contributed by atoms with Crippen LogP contribution in [0.5, 0.6) is 0 Å². The molecule has 3 atom stereocenters. The molecule has 0 aromatic heterocycles. The second-order valence-corrected chi connectivity index (χ2v) is 7.26. The van der Waals surface area contributed by atoms with Crippen molar-refractivity contribution in [2.75, 3.05) is 47.1 Å². The Morgan fingerprint density at radius 3 is 2.83 bits per heavy atom. The van der Waals surface area contributed by atoms with Crippen LogP contribution in [0.25, 0.3) is 0 Å². The van der Waals surface area contributed by atoms with Crippen molar-refractivity contribution in [3.05, 3.63) is 0 Å². The average molecular weight is 339 g/mol. The molecule has 1 aliphatic heterocycles. The molecule has 3 aliphatic rings. The minimum absolute atomic E-state index is 0.363. The van der Waals surface area contributed by atoms with Gasteiger partial charge in [0.15, 0.2) is 5.96 Å². The van der Waals surface area contributed by atoms with Crippen molar-refractivity contribution in [1.82, 2.24) is 10.6 Å².